The summed E-state index contributed by atoms with van der Waals surface area (Å²) in [6.07, 6.45) is -4.40. The average Bonchev–Trinajstić information content (AvgIpc) is 1.64. The van der Waals surface area contributed by atoms with E-state index in [2.05, 4.69) is 0 Å². The molecule has 0 aromatic rings. The fraction of sp³-hybridized carbons (Fsp3) is 1.00. The Morgan fingerprint density at radius 1 is 1.33 bits per heavy atom. The third-order valence-corrected chi connectivity index (χ3v) is 1.07. The number of nitrogens with two attached hydrogens (primary N) is 2. The Morgan fingerprint density at radius 2 is 1.67 bits per heavy atom. The second-order valence-electron chi connectivity index (χ2n) is 2.12. The van der Waals surface area contributed by atoms with Crippen LogP contribution in [0.25, 0.3) is 0 Å². The van der Waals surface area contributed by atoms with Gasteiger partial charge in [-0.05, 0) is 6.92 Å². The summed E-state index contributed by atoms with van der Waals surface area (Å²) in [6.45, 7) is 0.267. The zero-order valence-corrected chi connectivity index (χ0v) is 5.00. The molecule has 0 rings (SSSR count). The Labute approximate surface area is 51.0 Å². The van der Waals surface area contributed by atoms with E-state index in [9.17, 15) is 13.2 Å². The topological polar surface area (TPSA) is 52.0 Å². The molecule has 0 aromatic heterocycles. The summed E-state index contributed by atoms with van der Waals surface area (Å²) in [5.74, 6) is 0. The molecule has 0 aromatic carbocycles. The number of hydrogen-bond donors (Lipinski definition) is 2. The van der Waals surface area contributed by atoms with Crippen molar-refractivity contribution in [1.29, 1.82) is 0 Å². The van der Waals surface area contributed by atoms with E-state index in [1.165, 1.54) is 0 Å². The molecule has 0 unspecified atom stereocenters. The van der Waals surface area contributed by atoms with Crippen LogP contribution in [-0.4, -0.2) is 18.3 Å². The summed E-state index contributed by atoms with van der Waals surface area (Å²) in [5.41, 5.74) is 7.25. The van der Waals surface area contributed by atoms with Crippen LogP contribution in [0.4, 0.5) is 13.2 Å². The first kappa shape index (κ1) is 8.71. The van der Waals surface area contributed by atoms with Crippen LogP contribution in [0.5, 0.6) is 0 Å². The quantitative estimate of drug-likeness (QED) is 0.550. The van der Waals surface area contributed by atoms with Crippen LogP contribution in [-0.2, 0) is 0 Å². The Hall–Kier alpha value is -0.290. The third kappa shape index (κ3) is 1.83. The average molecular weight is 142 g/mol. The van der Waals surface area contributed by atoms with E-state index < -0.39 is 18.3 Å². The minimum Gasteiger partial charge on any atom is -0.328 e. The number of rotatable bonds is 1. The minimum absolute atomic E-state index is 0.587. The fourth-order valence-corrected chi connectivity index (χ4v) is 0.116. The first-order valence-electron chi connectivity index (χ1n) is 2.37. The highest BCUT2D eigenvalue weighted by Gasteiger charge is 2.46. The van der Waals surface area contributed by atoms with Crippen molar-refractivity contribution in [1.82, 2.24) is 0 Å². The zero-order valence-electron chi connectivity index (χ0n) is 5.00. The molecule has 1 atom stereocenters. The summed E-state index contributed by atoms with van der Waals surface area (Å²) in [7, 11) is 0. The van der Waals surface area contributed by atoms with Gasteiger partial charge in [-0.25, -0.2) is 0 Å². The van der Waals surface area contributed by atoms with Crippen LogP contribution in [0.15, 0.2) is 0 Å². The number of hydrogen-bond acceptors (Lipinski definition) is 2. The molecule has 0 fully saturated rings. The number of halogens is 3. The fourth-order valence-electron chi connectivity index (χ4n) is 0.116. The molecule has 5 heteroatoms. The summed E-state index contributed by atoms with van der Waals surface area (Å²) in [6, 6.07) is 0. The van der Waals surface area contributed by atoms with Crippen LogP contribution in [0, 0.1) is 0 Å². The van der Waals surface area contributed by atoms with Crippen LogP contribution < -0.4 is 11.5 Å². The van der Waals surface area contributed by atoms with E-state index >= 15 is 0 Å². The summed E-state index contributed by atoms with van der Waals surface area (Å²) < 4.78 is 34.9. The lowest BCUT2D eigenvalue weighted by molar-refractivity contribution is -0.177. The molecule has 0 amide bonds. The molecule has 0 spiro atoms. The van der Waals surface area contributed by atoms with Gasteiger partial charge in [0.25, 0.3) is 0 Å². The highest BCUT2D eigenvalue weighted by Crippen LogP contribution is 2.26. The summed E-state index contributed by atoms with van der Waals surface area (Å²) in [4.78, 5) is 0. The molecule has 0 aliphatic rings. The van der Waals surface area contributed by atoms with Gasteiger partial charge in [0.1, 0.15) is 5.54 Å². The first-order valence-corrected chi connectivity index (χ1v) is 2.37. The smallest absolute Gasteiger partial charge is 0.328 e. The predicted octanol–water partition coefficient (Wildman–Crippen LogP) is 0.225. The normalized spacial score (nSPS) is 19.3. The predicted molar refractivity (Wildman–Crippen MR) is 27.7 cm³/mol. The van der Waals surface area contributed by atoms with Crippen LogP contribution in [0.1, 0.15) is 6.92 Å². The Balaban J connectivity index is 4.14. The molecular formula is C4H9F3N2. The monoisotopic (exact) mass is 142 g/mol. The molecule has 56 valence electrons. The second-order valence-corrected chi connectivity index (χ2v) is 2.12. The Bertz CT molecular complexity index is 96.5. The van der Waals surface area contributed by atoms with Gasteiger partial charge in [0.05, 0.1) is 0 Å². The maximum absolute atomic E-state index is 11.6. The Kier molecular flexibility index (Phi) is 2.08. The van der Waals surface area contributed by atoms with E-state index in [1.54, 1.807) is 0 Å². The molecule has 0 aliphatic heterocycles. The van der Waals surface area contributed by atoms with E-state index in [0.717, 1.165) is 6.92 Å². The molecular weight excluding hydrogens is 133 g/mol. The van der Waals surface area contributed by atoms with Crippen molar-refractivity contribution in [2.45, 2.75) is 18.6 Å². The lowest BCUT2D eigenvalue weighted by Gasteiger charge is -2.25. The van der Waals surface area contributed by atoms with Crippen molar-refractivity contribution >= 4 is 0 Å². The van der Waals surface area contributed by atoms with Gasteiger partial charge < -0.3 is 11.5 Å². The van der Waals surface area contributed by atoms with E-state index in [1.807, 2.05) is 0 Å². The molecule has 0 saturated heterocycles. The first-order chi connectivity index (χ1) is 3.81. The molecule has 2 nitrogen and oxygen atoms in total. The molecule has 0 radical (unpaired) electrons. The van der Waals surface area contributed by atoms with Crippen LogP contribution in [0.2, 0.25) is 0 Å². The van der Waals surface area contributed by atoms with E-state index in [4.69, 9.17) is 11.5 Å². The van der Waals surface area contributed by atoms with Crippen LogP contribution >= 0.6 is 0 Å². The lowest BCUT2D eigenvalue weighted by Crippen LogP contribution is -2.56. The van der Waals surface area contributed by atoms with Crippen molar-refractivity contribution in [3.8, 4) is 0 Å². The van der Waals surface area contributed by atoms with Gasteiger partial charge in [0.2, 0.25) is 0 Å². The molecule has 4 N–H and O–H groups in total. The number of alkyl halides is 3. The van der Waals surface area contributed by atoms with Gasteiger partial charge in [-0.1, -0.05) is 0 Å². The van der Waals surface area contributed by atoms with Gasteiger partial charge >= 0.3 is 6.18 Å². The van der Waals surface area contributed by atoms with Gasteiger partial charge in [0, 0.05) is 6.54 Å². The van der Waals surface area contributed by atoms with Crippen molar-refractivity contribution in [3.05, 3.63) is 0 Å². The molecule has 9 heavy (non-hydrogen) atoms. The molecule has 0 saturated carbocycles. The maximum atomic E-state index is 11.6. The Morgan fingerprint density at radius 3 is 1.67 bits per heavy atom. The highest BCUT2D eigenvalue weighted by atomic mass is 19.4. The molecule has 0 heterocycles. The summed E-state index contributed by atoms with van der Waals surface area (Å²) in [5, 5.41) is 0. The standard InChI is InChI=1S/C4H9F3N2/c1-3(9,2-8)4(5,6)7/h2,8-9H2,1H3/t3-/m1/s1. The van der Waals surface area contributed by atoms with E-state index in [-0.39, 0.29) is 0 Å². The SMILES string of the molecule is C[C@@](N)(CN)C(F)(F)F. The highest BCUT2D eigenvalue weighted by molar-refractivity contribution is 4.87. The minimum atomic E-state index is -4.40. The third-order valence-electron chi connectivity index (χ3n) is 1.07. The van der Waals surface area contributed by atoms with Crippen molar-refractivity contribution in [2.24, 2.45) is 11.5 Å². The largest absolute Gasteiger partial charge is 0.407 e. The van der Waals surface area contributed by atoms with Crippen molar-refractivity contribution in [2.75, 3.05) is 6.54 Å². The second kappa shape index (κ2) is 2.15. The molecule has 0 aliphatic carbocycles. The van der Waals surface area contributed by atoms with Gasteiger partial charge in [-0.15, -0.1) is 0 Å². The van der Waals surface area contributed by atoms with Gasteiger partial charge in [0.15, 0.2) is 0 Å². The van der Waals surface area contributed by atoms with E-state index in [0.29, 0.717) is 0 Å². The van der Waals surface area contributed by atoms with Crippen molar-refractivity contribution in [3.63, 3.8) is 0 Å². The maximum Gasteiger partial charge on any atom is 0.407 e. The lowest BCUT2D eigenvalue weighted by atomic mass is 10.1. The van der Waals surface area contributed by atoms with Gasteiger partial charge in [-0.3, -0.25) is 0 Å². The summed E-state index contributed by atoms with van der Waals surface area (Å²) >= 11 is 0. The molecule has 0 bridgehead atoms. The van der Waals surface area contributed by atoms with Crippen molar-refractivity contribution < 1.29 is 13.2 Å². The van der Waals surface area contributed by atoms with Crippen LogP contribution in [0.3, 0.4) is 0 Å². The van der Waals surface area contributed by atoms with Gasteiger partial charge in [-0.2, -0.15) is 13.2 Å². The zero-order chi connectivity index (χ0) is 7.71.